The Morgan fingerprint density at radius 1 is 0.962 bits per heavy atom. The van der Waals surface area contributed by atoms with Crippen molar-refractivity contribution in [1.29, 1.82) is 0 Å². The van der Waals surface area contributed by atoms with Gasteiger partial charge in [-0.3, -0.25) is 14.8 Å². The molecule has 0 atom stereocenters. The number of para-hydroxylation sites is 1. The van der Waals surface area contributed by atoms with E-state index in [-0.39, 0.29) is 5.91 Å². The number of hydrogen-bond acceptors (Lipinski definition) is 3. The number of pyridine rings is 2. The molecule has 3 heterocycles. The summed E-state index contributed by atoms with van der Waals surface area (Å²) in [7, 11) is 0. The zero-order valence-corrected chi connectivity index (χ0v) is 14.2. The number of hydrogen-bond donors (Lipinski definition) is 1. The summed E-state index contributed by atoms with van der Waals surface area (Å²) in [5, 5.41) is 4.00. The Hall–Kier alpha value is -3.47. The highest BCUT2D eigenvalue weighted by molar-refractivity contribution is 5.95. The molecule has 0 aliphatic carbocycles. The van der Waals surface area contributed by atoms with Crippen LogP contribution in [0.15, 0.2) is 79.4 Å². The fourth-order valence-corrected chi connectivity index (χ4v) is 3.07. The summed E-state index contributed by atoms with van der Waals surface area (Å²) in [6, 6.07) is 17.6. The quantitative estimate of drug-likeness (QED) is 0.602. The number of aromatic nitrogens is 3. The first-order valence-electron chi connectivity index (χ1n) is 8.46. The van der Waals surface area contributed by atoms with Crippen molar-refractivity contribution >= 4 is 22.5 Å². The van der Waals surface area contributed by atoms with Gasteiger partial charge in [-0.25, -0.2) is 0 Å². The Labute approximate surface area is 151 Å². The van der Waals surface area contributed by atoms with Gasteiger partial charge in [-0.2, -0.15) is 0 Å². The lowest BCUT2D eigenvalue weighted by Crippen LogP contribution is -2.14. The van der Waals surface area contributed by atoms with Crippen molar-refractivity contribution in [1.82, 2.24) is 14.5 Å². The van der Waals surface area contributed by atoms with Gasteiger partial charge in [0.2, 0.25) is 5.91 Å². The van der Waals surface area contributed by atoms with Gasteiger partial charge in [0.05, 0.1) is 18.7 Å². The molecule has 0 spiro atoms. The predicted octanol–water partition coefficient (Wildman–Crippen LogP) is 3.66. The van der Waals surface area contributed by atoms with Crippen molar-refractivity contribution in [2.45, 2.75) is 13.0 Å². The van der Waals surface area contributed by atoms with Crippen molar-refractivity contribution < 1.29 is 4.79 Å². The lowest BCUT2D eigenvalue weighted by atomic mass is 10.1. The smallest absolute Gasteiger partial charge is 0.228 e. The van der Waals surface area contributed by atoms with Crippen molar-refractivity contribution in [2.75, 3.05) is 5.32 Å². The summed E-state index contributed by atoms with van der Waals surface area (Å²) in [6.07, 6.45) is 7.48. The van der Waals surface area contributed by atoms with Crippen LogP contribution in [0.25, 0.3) is 10.9 Å². The van der Waals surface area contributed by atoms with E-state index in [1.54, 1.807) is 30.7 Å². The highest BCUT2D eigenvalue weighted by atomic mass is 16.1. The van der Waals surface area contributed by atoms with Gasteiger partial charge >= 0.3 is 0 Å². The maximum atomic E-state index is 12.4. The number of carbonyl (C=O) groups is 1. The van der Waals surface area contributed by atoms with Crippen LogP contribution in [0, 0.1) is 0 Å². The molecule has 1 amide bonds. The SMILES string of the molecule is O=C(Cc1cn(Cc2ccccn2)c2ccccc12)Nc1ccncc1. The lowest BCUT2D eigenvalue weighted by molar-refractivity contribution is -0.115. The monoisotopic (exact) mass is 342 g/mol. The number of amides is 1. The Kier molecular flexibility index (Phi) is 4.43. The zero-order chi connectivity index (χ0) is 17.8. The van der Waals surface area contributed by atoms with Gasteiger partial charge in [-0.15, -0.1) is 0 Å². The van der Waals surface area contributed by atoms with E-state index < -0.39 is 0 Å². The fraction of sp³-hybridized carbons (Fsp3) is 0.0952. The number of rotatable bonds is 5. The first-order chi connectivity index (χ1) is 12.8. The van der Waals surface area contributed by atoms with Crippen LogP contribution in [0.4, 0.5) is 5.69 Å². The number of fused-ring (bicyclic) bond motifs is 1. The van der Waals surface area contributed by atoms with Gasteiger partial charge in [0.25, 0.3) is 0 Å². The van der Waals surface area contributed by atoms with Gasteiger partial charge in [0.15, 0.2) is 0 Å². The molecule has 0 unspecified atom stereocenters. The van der Waals surface area contributed by atoms with Crippen LogP contribution in [0.5, 0.6) is 0 Å². The second-order valence-corrected chi connectivity index (χ2v) is 6.08. The molecule has 0 saturated heterocycles. The summed E-state index contributed by atoms with van der Waals surface area (Å²) in [4.78, 5) is 20.8. The molecule has 0 aliphatic heterocycles. The van der Waals surface area contributed by atoms with Crippen LogP contribution in [0.1, 0.15) is 11.3 Å². The summed E-state index contributed by atoms with van der Waals surface area (Å²) < 4.78 is 2.15. The molecule has 0 aliphatic rings. The van der Waals surface area contributed by atoms with Gasteiger partial charge in [0.1, 0.15) is 0 Å². The molecule has 4 rings (SSSR count). The Balaban J connectivity index is 1.60. The molecule has 0 bridgehead atoms. The summed E-state index contributed by atoms with van der Waals surface area (Å²) in [5.74, 6) is -0.0445. The van der Waals surface area contributed by atoms with E-state index in [0.29, 0.717) is 13.0 Å². The Bertz CT molecular complexity index is 1030. The zero-order valence-electron chi connectivity index (χ0n) is 14.2. The number of nitrogens with one attached hydrogen (secondary N) is 1. The molecular weight excluding hydrogens is 324 g/mol. The van der Waals surface area contributed by atoms with E-state index in [1.807, 2.05) is 36.5 Å². The van der Waals surface area contributed by atoms with E-state index in [9.17, 15) is 4.79 Å². The van der Waals surface area contributed by atoms with Crippen molar-refractivity contribution in [3.05, 3.63) is 90.6 Å². The van der Waals surface area contributed by atoms with Crippen LogP contribution in [0.3, 0.4) is 0 Å². The average molecular weight is 342 g/mol. The van der Waals surface area contributed by atoms with Gasteiger partial charge in [0, 0.05) is 41.4 Å². The topological polar surface area (TPSA) is 59.8 Å². The molecule has 5 heteroatoms. The maximum Gasteiger partial charge on any atom is 0.228 e. The minimum absolute atomic E-state index is 0.0445. The van der Waals surface area contributed by atoms with Gasteiger partial charge in [-0.1, -0.05) is 24.3 Å². The highest BCUT2D eigenvalue weighted by Crippen LogP contribution is 2.23. The lowest BCUT2D eigenvalue weighted by Gasteiger charge is -2.04. The first kappa shape index (κ1) is 16.0. The minimum atomic E-state index is -0.0445. The summed E-state index contributed by atoms with van der Waals surface area (Å²) in [5.41, 5.74) is 3.84. The van der Waals surface area contributed by atoms with E-state index in [1.165, 1.54) is 0 Å². The van der Waals surface area contributed by atoms with E-state index in [2.05, 4.69) is 32.0 Å². The Morgan fingerprint density at radius 3 is 2.58 bits per heavy atom. The van der Waals surface area contributed by atoms with E-state index >= 15 is 0 Å². The molecule has 5 nitrogen and oxygen atoms in total. The predicted molar refractivity (Wildman–Crippen MR) is 102 cm³/mol. The first-order valence-corrected chi connectivity index (χ1v) is 8.46. The highest BCUT2D eigenvalue weighted by Gasteiger charge is 2.12. The molecule has 4 aromatic rings. The molecule has 0 fully saturated rings. The number of carbonyl (C=O) groups excluding carboxylic acids is 1. The van der Waals surface area contributed by atoms with Crippen molar-refractivity contribution in [3.8, 4) is 0 Å². The van der Waals surface area contributed by atoms with Crippen LogP contribution < -0.4 is 5.32 Å². The van der Waals surface area contributed by atoms with Crippen LogP contribution in [-0.2, 0) is 17.8 Å². The Morgan fingerprint density at radius 2 is 1.77 bits per heavy atom. The summed E-state index contributed by atoms with van der Waals surface area (Å²) >= 11 is 0. The molecule has 1 N–H and O–H groups in total. The molecule has 128 valence electrons. The number of benzene rings is 1. The summed E-state index contributed by atoms with van der Waals surface area (Å²) in [6.45, 7) is 0.674. The number of anilines is 1. The third-order valence-electron chi connectivity index (χ3n) is 4.24. The van der Waals surface area contributed by atoms with Crippen LogP contribution in [-0.4, -0.2) is 20.4 Å². The van der Waals surface area contributed by atoms with E-state index in [0.717, 1.165) is 27.8 Å². The standard InChI is InChI=1S/C21H18N4O/c26-21(24-17-8-11-22-12-9-17)13-16-14-25(15-18-5-3-4-10-23-18)20-7-2-1-6-19(16)20/h1-12,14H,13,15H2,(H,22,24,26). The number of nitrogens with zero attached hydrogens (tertiary/aromatic N) is 3. The average Bonchev–Trinajstić information content (AvgIpc) is 3.01. The third kappa shape index (κ3) is 3.47. The minimum Gasteiger partial charge on any atom is -0.341 e. The third-order valence-corrected chi connectivity index (χ3v) is 4.24. The molecule has 1 aromatic carbocycles. The van der Waals surface area contributed by atoms with Crippen LogP contribution in [0.2, 0.25) is 0 Å². The molecule has 26 heavy (non-hydrogen) atoms. The van der Waals surface area contributed by atoms with Gasteiger partial charge < -0.3 is 9.88 Å². The van der Waals surface area contributed by atoms with Crippen molar-refractivity contribution in [2.24, 2.45) is 0 Å². The molecule has 0 saturated carbocycles. The molecule has 0 radical (unpaired) electrons. The second-order valence-electron chi connectivity index (χ2n) is 6.08. The maximum absolute atomic E-state index is 12.4. The molecular formula is C21H18N4O. The fourth-order valence-electron chi connectivity index (χ4n) is 3.07. The van der Waals surface area contributed by atoms with Crippen molar-refractivity contribution in [3.63, 3.8) is 0 Å². The van der Waals surface area contributed by atoms with E-state index in [4.69, 9.17) is 0 Å². The largest absolute Gasteiger partial charge is 0.341 e. The normalized spacial score (nSPS) is 10.8. The van der Waals surface area contributed by atoms with Gasteiger partial charge in [-0.05, 0) is 35.9 Å². The molecule has 3 aromatic heterocycles. The van der Waals surface area contributed by atoms with Crippen LogP contribution >= 0.6 is 0 Å². The second kappa shape index (κ2) is 7.19.